The third-order valence-corrected chi connectivity index (χ3v) is 5.78. The van der Waals surface area contributed by atoms with Gasteiger partial charge >= 0.3 is 0 Å². The monoisotopic (exact) mass is 249 g/mol. The molecule has 2 aliphatic carbocycles. The van der Waals surface area contributed by atoms with Crippen molar-refractivity contribution in [3.05, 3.63) is 12.2 Å². The number of allylic oxidation sites excluding steroid dienone is 1. The number of carbonyl (C=O) groups is 1. The molecule has 1 N–H and O–H groups in total. The van der Waals surface area contributed by atoms with Crippen LogP contribution in [0.1, 0.15) is 52.9 Å². The lowest BCUT2D eigenvalue weighted by atomic mass is 9.52. The Bertz CT molecular complexity index is 338. The summed E-state index contributed by atoms with van der Waals surface area (Å²) < 4.78 is 0. The van der Waals surface area contributed by atoms with E-state index < -0.39 is 0 Å². The highest BCUT2D eigenvalue weighted by Gasteiger charge is 2.49. The lowest BCUT2D eigenvalue weighted by Gasteiger charge is -2.54. The standard InChI is InChI=1S/C16H27NO/c1-11(2)13-7-8-16(4)14(9-13)12(3)5-6-15(16)17-10-18/h10,12-15H,1,5-9H2,2-4H3,(H,17,18)/t12-,13+,14-,15?,16+/m0/s1. The highest BCUT2D eigenvalue weighted by molar-refractivity contribution is 5.47. The number of nitrogens with one attached hydrogen (secondary N) is 1. The first kappa shape index (κ1) is 13.6. The molecule has 2 aliphatic rings. The van der Waals surface area contributed by atoms with E-state index in [1.807, 2.05) is 0 Å². The molecule has 18 heavy (non-hydrogen) atoms. The number of hydrogen-bond acceptors (Lipinski definition) is 1. The lowest BCUT2D eigenvalue weighted by Crippen LogP contribution is -2.54. The molecule has 2 fully saturated rings. The molecule has 2 nitrogen and oxygen atoms in total. The van der Waals surface area contributed by atoms with Crippen LogP contribution in [0.15, 0.2) is 12.2 Å². The van der Waals surface area contributed by atoms with Crippen LogP contribution < -0.4 is 5.32 Å². The Kier molecular flexibility index (Phi) is 3.84. The summed E-state index contributed by atoms with van der Waals surface area (Å²) in [7, 11) is 0. The molecule has 0 bridgehead atoms. The van der Waals surface area contributed by atoms with Crippen LogP contribution in [0.4, 0.5) is 0 Å². The maximum atomic E-state index is 10.8. The van der Waals surface area contributed by atoms with Gasteiger partial charge < -0.3 is 5.32 Å². The summed E-state index contributed by atoms with van der Waals surface area (Å²) in [6.45, 7) is 11.1. The third kappa shape index (κ3) is 2.22. The minimum atomic E-state index is 0.296. The average molecular weight is 249 g/mol. The fourth-order valence-corrected chi connectivity index (χ4v) is 4.44. The van der Waals surface area contributed by atoms with Crippen molar-refractivity contribution in [3.63, 3.8) is 0 Å². The molecule has 0 spiro atoms. The highest BCUT2D eigenvalue weighted by atomic mass is 16.1. The molecule has 0 aromatic carbocycles. The number of rotatable bonds is 3. The lowest BCUT2D eigenvalue weighted by molar-refractivity contribution is -0.113. The molecule has 2 saturated carbocycles. The zero-order chi connectivity index (χ0) is 13.3. The van der Waals surface area contributed by atoms with Crippen molar-refractivity contribution < 1.29 is 4.79 Å². The van der Waals surface area contributed by atoms with Gasteiger partial charge in [0, 0.05) is 6.04 Å². The summed E-state index contributed by atoms with van der Waals surface area (Å²) in [5, 5.41) is 3.09. The van der Waals surface area contributed by atoms with Gasteiger partial charge in [0.05, 0.1) is 0 Å². The average Bonchev–Trinajstić information content (AvgIpc) is 2.33. The first-order chi connectivity index (χ1) is 8.49. The zero-order valence-electron chi connectivity index (χ0n) is 12.0. The fourth-order valence-electron chi connectivity index (χ4n) is 4.44. The molecule has 2 rings (SSSR count). The molecule has 102 valence electrons. The van der Waals surface area contributed by atoms with E-state index in [0.29, 0.717) is 17.4 Å². The number of carbonyl (C=O) groups excluding carboxylic acids is 1. The van der Waals surface area contributed by atoms with Gasteiger partial charge in [0.1, 0.15) is 0 Å². The molecule has 0 radical (unpaired) electrons. The van der Waals surface area contributed by atoms with Gasteiger partial charge in [-0.3, -0.25) is 4.79 Å². The summed E-state index contributed by atoms with van der Waals surface area (Å²) in [6, 6.07) is 0.377. The first-order valence-corrected chi connectivity index (χ1v) is 7.34. The van der Waals surface area contributed by atoms with Crippen LogP contribution in [0.5, 0.6) is 0 Å². The molecule has 0 aromatic heterocycles. The van der Waals surface area contributed by atoms with Gasteiger partial charge in [-0.25, -0.2) is 0 Å². The van der Waals surface area contributed by atoms with Gasteiger partial charge in [0.15, 0.2) is 0 Å². The second kappa shape index (κ2) is 5.07. The Morgan fingerprint density at radius 1 is 1.39 bits per heavy atom. The summed E-state index contributed by atoms with van der Waals surface area (Å²) >= 11 is 0. The molecule has 1 amide bonds. The van der Waals surface area contributed by atoms with Crippen molar-refractivity contribution in [2.24, 2.45) is 23.2 Å². The Morgan fingerprint density at radius 3 is 2.72 bits per heavy atom. The summed E-state index contributed by atoms with van der Waals surface area (Å²) in [5.41, 5.74) is 1.64. The summed E-state index contributed by atoms with van der Waals surface area (Å²) in [5.74, 6) is 2.21. The Balaban J connectivity index is 2.19. The quantitative estimate of drug-likeness (QED) is 0.601. The maximum absolute atomic E-state index is 10.8. The van der Waals surface area contributed by atoms with Crippen LogP contribution >= 0.6 is 0 Å². The van der Waals surface area contributed by atoms with E-state index in [4.69, 9.17) is 0 Å². The van der Waals surface area contributed by atoms with Crippen molar-refractivity contribution >= 4 is 6.41 Å². The third-order valence-electron chi connectivity index (χ3n) is 5.78. The predicted molar refractivity (Wildman–Crippen MR) is 75.1 cm³/mol. The topological polar surface area (TPSA) is 29.1 Å². The highest BCUT2D eigenvalue weighted by Crippen LogP contribution is 2.54. The van der Waals surface area contributed by atoms with Gasteiger partial charge in [-0.15, -0.1) is 0 Å². The molecule has 5 atom stereocenters. The van der Waals surface area contributed by atoms with E-state index in [1.54, 1.807) is 0 Å². The van der Waals surface area contributed by atoms with E-state index in [1.165, 1.54) is 31.3 Å². The molecular formula is C16H27NO. The van der Waals surface area contributed by atoms with Crippen LogP contribution in [-0.2, 0) is 4.79 Å². The second-order valence-corrected chi connectivity index (χ2v) is 6.82. The van der Waals surface area contributed by atoms with Crippen LogP contribution in [0, 0.1) is 23.2 Å². The van der Waals surface area contributed by atoms with Crippen LogP contribution in [0.3, 0.4) is 0 Å². The normalized spacial score (nSPS) is 43.9. The number of hydrogen-bond donors (Lipinski definition) is 1. The van der Waals surface area contributed by atoms with Crippen molar-refractivity contribution in [2.75, 3.05) is 0 Å². The molecule has 0 aliphatic heterocycles. The molecule has 0 heterocycles. The van der Waals surface area contributed by atoms with Crippen LogP contribution in [0.25, 0.3) is 0 Å². The van der Waals surface area contributed by atoms with Gasteiger partial charge in [-0.05, 0) is 62.2 Å². The van der Waals surface area contributed by atoms with E-state index >= 15 is 0 Å². The van der Waals surface area contributed by atoms with Gasteiger partial charge in [-0.2, -0.15) is 0 Å². The molecule has 0 saturated heterocycles. The van der Waals surface area contributed by atoms with E-state index in [-0.39, 0.29) is 0 Å². The zero-order valence-corrected chi connectivity index (χ0v) is 12.0. The van der Waals surface area contributed by atoms with Crippen molar-refractivity contribution in [2.45, 2.75) is 58.9 Å². The second-order valence-electron chi connectivity index (χ2n) is 6.82. The van der Waals surface area contributed by atoms with E-state index in [0.717, 1.165) is 24.7 Å². The van der Waals surface area contributed by atoms with Gasteiger partial charge in [0.2, 0.25) is 6.41 Å². The summed E-state index contributed by atoms with van der Waals surface area (Å²) in [6.07, 6.45) is 7.02. The molecule has 2 heteroatoms. The Hall–Kier alpha value is -0.790. The van der Waals surface area contributed by atoms with E-state index in [2.05, 4.69) is 32.7 Å². The molecule has 1 unspecified atom stereocenters. The largest absolute Gasteiger partial charge is 0.355 e. The number of fused-ring (bicyclic) bond motifs is 1. The predicted octanol–water partition coefficient (Wildman–Crippen LogP) is 3.53. The minimum absolute atomic E-state index is 0.296. The Morgan fingerprint density at radius 2 is 2.11 bits per heavy atom. The van der Waals surface area contributed by atoms with Crippen LogP contribution in [0.2, 0.25) is 0 Å². The van der Waals surface area contributed by atoms with Crippen molar-refractivity contribution in [3.8, 4) is 0 Å². The SMILES string of the molecule is C=C(C)[C@@H]1CC[C@@]2(C)C(NC=O)CC[C@H](C)[C@@H]2C1. The molecule has 0 aromatic rings. The van der Waals surface area contributed by atoms with Gasteiger partial charge in [-0.1, -0.05) is 26.0 Å². The Labute approximate surface area is 111 Å². The maximum Gasteiger partial charge on any atom is 0.207 e. The molecular weight excluding hydrogens is 222 g/mol. The fraction of sp³-hybridized carbons (Fsp3) is 0.812. The van der Waals surface area contributed by atoms with Crippen molar-refractivity contribution in [1.82, 2.24) is 5.32 Å². The smallest absolute Gasteiger partial charge is 0.207 e. The minimum Gasteiger partial charge on any atom is -0.355 e. The van der Waals surface area contributed by atoms with E-state index in [9.17, 15) is 4.79 Å². The number of amides is 1. The van der Waals surface area contributed by atoms with Gasteiger partial charge in [0.25, 0.3) is 0 Å². The summed E-state index contributed by atoms with van der Waals surface area (Å²) in [4.78, 5) is 10.8. The first-order valence-electron chi connectivity index (χ1n) is 7.34. The van der Waals surface area contributed by atoms with Crippen LogP contribution in [-0.4, -0.2) is 12.5 Å². The van der Waals surface area contributed by atoms with Crippen molar-refractivity contribution in [1.29, 1.82) is 0 Å².